The minimum Gasteiger partial charge on any atom is -0.471 e. The number of hydrogen-bond acceptors (Lipinski definition) is 2. The van der Waals surface area contributed by atoms with E-state index in [-0.39, 0.29) is 0 Å². The maximum atomic E-state index is 4.71. The van der Waals surface area contributed by atoms with E-state index in [1.807, 2.05) is 0 Å². The molecule has 1 aliphatic heterocycles. The van der Waals surface area contributed by atoms with Crippen LogP contribution in [0, 0.1) is 0 Å². The molecule has 0 radical (unpaired) electrons. The molecule has 1 saturated heterocycles. The van der Waals surface area contributed by atoms with E-state index >= 15 is 0 Å². The van der Waals surface area contributed by atoms with Gasteiger partial charge < -0.3 is 8.85 Å². The van der Waals surface area contributed by atoms with E-state index in [1.54, 1.807) is 0 Å². The van der Waals surface area contributed by atoms with Gasteiger partial charge in [0.05, 0.1) is 12.7 Å². The Morgan fingerprint density at radius 2 is 1.86 bits per heavy atom. The third-order valence-corrected chi connectivity index (χ3v) is 0.500. The highest BCUT2D eigenvalue weighted by Gasteiger charge is 2.13. The molecular weight excluding hydrogens is 124 g/mol. The average Bonchev–Trinajstić information content (AvgIpc) is 2.25. The van der Waals surface area contributed by atoms with Crippen LogP contribution in [0.4, 0.5) is 0 Å². The van der Waals surface area contributed by atoms with Crippen molar-refractivity contribution in [2.24, 2.45) is 0 Å². The topological polar surface area (TPSA) is 21.8 Å². The highest BCUT2D eigenvalue weighted by Crippen LogP contribution is 2.04. The Balaban J connectivity index is 0.000000110. The lowest BCUT2D eigenvalue weighted by Gasteiger charge is -1.62. The molecule has 0 aliphatic carbocycles. The third-order valence-electron chi connectivity index (χ3n) is 0.500. The Hall–Kier alpha value is 0.354. The number of ether oxygens (including phenoxy) is 1. The summed E-state index contributed by atoms with van der Waals surface area (Å²) in [6, 6.07) is 0. The number of rotatable bonds is 0. The predicted octanol–water partition coefficient (Wildman–Crippen LogP) is -2.03. The van der Waals surface area contributed by atoms with E-state index in [1.165, 1.54) is 0 Å². The van der Waals surface area contributed by atoms with Crippen molar-refractivity contribution < 1.29 is 8.85 Å². The van der Waals surface area contributed by atoms with E-state index in [4.69, 9.17) is 4.74 Å². The van der Waals surface area contributed by atoms with Crippen LogP contribution in [-0.2, 0) is 8.85 Å². The third kappa shape index (κ3) is 10.7. The SMILES string of the molecule is CC1CO1.[SiH3]O[SiH3]. The standard InChI is InChI=1S/C3H6O.H6OSi2/c1-3-2-4-3;2-1-3/h3H,2H2,1H3;2-3H3. The first-order valence-corrected chi connectivity index (χ1v) is 3.96. The molecule has 0 N–H and O–H groups in total. The Morgan fingerprint density at radius 1 is 1.71 bits per heavy atom. The van der Waals surface area contributed by atoms with Gasteiger partial charge in [0, 0.05) is 0 Å². The lowest BCUT2D eigenvalue weighted by atomic mass is 10.6. The zero-order valence-electron chi connectivity index (χ0n) is 5.10. The predicted molar refractivity (Wildman–Crippen MR) is 36.4 cm³/mol. The summed E-state index contributed by atoms with van der Waals surface area (Å²) in [6.07, 6.45) is 0.583. The average molecular weight is 136 g/mol. The van der Waals surface area contributed by atoms with Crippen LogP contribution >= 0.6 is 0 Å². The quantitative estimate of drug-likeness (QED) is 0.283. The molecule has 44 valence electrons. The van der Waals surface area contributed by atoms with E-state index in [9.17, 15) is 0 Å². The molecule has 1 unspecified atom stereocenters. The summed E-state index contributed by atoms with van der Waals surface area (Å²) in [7, 11) is 1.86. The first-order valence-electron chi connectivity index (χ1n) is 2.33. The second-order valence-corrected chi connectivity index (χ2v) is 4.82. The summed E-state index contributed by atoms with van der Waals surface area (Å²) in [5.74, 6) is 0. The van der Waals surface area contributed by atoms with Crippen molar-refractivity contribution in [1.82, 2.24) is 0 Å². The Morgan fingerprint density at radius 3 is 1.86 bits per heavy atom. The normalized spacial score (nSPS) is 26.1. The molecule has 0 spiro atoms. The summed E-state index contributed by atoms with van der Waals surface area (Å²) in [4.78, 5) is 0. The molecule has 2 nitrogen and oxygen atoms in total. The molecule has 0 bridgehead atoms. The minimum absolute atomic E-state index is 0.583. The second kappa shape index (κ2) is 4.51. The van der Waals surface area contributed by atoms with Crippen molar-refractivity contribution in [3.05, 3.63) is 0 Å². The lowest BCUT2D eigenvalue weighted by molar-refractivity contribution is 0.423. The van der Waals surface area contributed by atoms with Crippen molar-refractivity contribution in [2.75, 3.05) is 6.61 Å². The number of epoxide rings is 1. The number of hydrogen-bond donors (Lipinski definition) is 0. The van der Waals surface area contributed by atoms with Crippen molar-refractivity contribution >= 4 is 21.0 Å². The Labute approximate surface area is 50.3 Å². The molecule has 1 heterocycles. The fourth-order valence-electron chi connectivity index (χ4n) is 0.0962. The van der Waals surface area contributed by atoms with Crippen LogP contribution in [0.3, 0.4) is 0 Å². The molecule has 0 aromatic carbocycles. The second-order valence-electron chi connectivity index (χ2n) is 1.55. The summed E-state index contributed by atoms with van der Waals surface area (Å²) in [5, 5.41) is 0. The molecule has 4 heteroatoms. The van der Waals surface area contributed by atoms with Gasteiger partial charge in [-0.05, 0) is 6.92 Å². The molecule has 1 atom stereocenters. The van der Waals surface area contributed by atoms with Gasteiger partial charge in [-0.1, -0.05) is 0 Å². The monoisotopic (exact) mass is 136 g/mol. The molecule has 0 aromatic heterocycles. The van der Waals surface area contributed by atoms with Gasteiger partial charge in [0.2, 0.25) is 0 Å². The highest BCUT2D eigenvalue weighted by atomic mass is 28.3. The zero-order chi connectivity index (χ0) is 5.70. The van der Waals surface area contributed by atoms with E-state index in [0.717, 1.165) is 27.6 Å². The van der Waals surface area contributed by atoms with Crippen LogP contribution in [0.15, 0.2) is 0 Å². The maximum Gasteiger partial charge on any atom is 0.129 e. The fourth-order valence-corrected chi connectivity index (χ4v) is 0.0962. The van der Waals surface area contributed by atoms with Crippen LogP contribution in [0.25, 0.3) is 0 Å². The minimum atomic E-state index is 0.583. The summed E-state index contributed by atoms with van der Waals surface area (Å²) in [6.45, 7) is 3.04. The highest BCUT2D eigenvalue weighted by molar-refractivity contribution is 6.15. The molecule has 0 saturated carbocycles. The van der Waals surface area contributed by atoms with Gasteiger partial charge in [0.1, 0.15) is 21.0 Å². The van der Waals surface area contributed by atoms with Gasteiger partial charge in [-0.15, -0.1) is 0 Å². The first kappa shape index (κ1) is 7.35. The maximum absolute atomic E-state index is 4.71. The van der Waals surface area contributed by atoms with Crippen molar-refractivity contribution in [3.63, 3.8) is 0 Å². The Bertz CT molecular complexity index is 37.9. The van der Waals surface area contributed by atoms with Crippen LogP contribution in [-0.4, -0.2) is 33.7 Å². The van der Waals surface area contributed by atoms with Crippen LogP contribution in [0.1, 0.15) is 6.92 Å². The van der Waals surface area contributed by atoms with Gasteiger partial charge >= 0.3 is 0 Å². The molecule has 1 fully saturated rings. The van der Waals surface area contributed by atoms with E-state index < -0.39 is 0 Å². The summed E-state index contributed by atoms with van der Waals surface area (Å²) >= 11 is 0. The smallest absolute Gasteiger partial charge is 0.129 e. The molecule has 7 heavy (non-hydrogen) atoms. The largest absolute Gasteiger partial charge is 0.471 e. The van der Waals surface area contributed by atoms with Crippen LogP contribution in [0.2, 0.25) is 0 Å². The molecular formula is C3H12O2Si2. The molecule has 1 aliphatic rings. The summed E-state index contributed by atoms with van der Waals surface area (Å²) < 4.78 is 9.24. The molecule has 0 amide bonds. The van der Waals surface area contributed by atoms with Crippen LogP contribution < -0.4 is 0 Å². The van der Waals surface area contributed by atoms with Gasteiger partial charge in [0.25, 0.3) is 0 Å². The van der Waals surface area contributed by atoms with E-state index in [0.29, 0.717) is 6.10 Å². The fraction of sp³-hybridized carbons (Fsp3) is 1.00. The summed E-state index contributed by atoms with van der Waals surface area (Å²) in [5.41, 5.74) is 0. The molecule has 1 rings (SSSR count). The molecule has 0 aromatic rings. The van der Waals surface area contributed by atoms with Crippen molar-refractivity contribution in [3.8, 4) is 0 Å². The van der Waals surface area contributed by atoms with Gasteiger partial charge in [-0.25, -0.2) is 0 Å². The first-order chi connectivity index (χ1) is 3.31. The van der Waals surface area contributed by atoms with Crippen molar-refractivity contribution in [1.29, 1.82) is 0 Å². The zero-order valence-corrected chi connectivity index (χ0v) is 9.10. The Kier molecular flexibility index (Phi) is 4.74. The lowest BCUT2D eigenvalue weighted by Crippen LogP contribution is -1.65. The van der Waals surface area contributed by atoms with Gasteiger partial charge in [-0.2, -0.15) is 0 Å². The van der Waals surface area contributed by atoms with Crippen molar-refractivity contribution in [2.45, 2.75) is 13.0 Å². The van der Waals surface area contributed by atoms with E-state index in [2.05, 4.69) is 11.0 Å². The van der Waals surface area contributed by atoms with Crippen LogP contribution in [0.5, 0.6) is 0 Å². The van der Waals surface area contributed by atoms with Gasteiger partial charge in [0.15, 0.2) is 0 Å². The van der Waals surface area contributed by atoms with Gasteiger partial charge in [-0.3, -0.25) is 0 Å².